The van der Waals surface area contributed by atoms with Crippen LogP contribution in [0.4, 0.5) is 0 Å². The number of carbonyl (C=O) groups excluding carboxylic acids is 2. The number of rotatable bonds is 5. The molecular weight excluding hydrogens is 236 g/mol. The van der Waals surface area contributed by atoms with Crippen LogP contribution in [0.2, 0.25) is 0 Å². The maximum Gasteiger partial charge on any atom is 0.338 e. The number of ketones is 1. The molecule has 1 N–H and O–H groups in total. The average Bonchev–Trinajstić information content (AvgIpc) is 2.37. The fraction of sp³-hybridized carbons (Fsp3) is 0.308. The van der Waals surface area contributed by atoms with Crippen molar-refractivity contribution in [2.24, 2.45) is 0 Å². The molecule has 0 heterocycles. The highest BCUT2D eigenvalue weighted by molar-refractivity contribution is 6.07. The Morgan fingerprint density at radius 2 is 1.83 bits per heavy atom. The molecule has 96 valence electrons. The van der Waals surface area contributed by atoms with E-state index >= 15 is 0 Å². The molecule has 1 aromatic carbocycles. The summed E-state index contributed by atoms with van der Waals surface area (Å²) in [5.41, 5.74) is 0.171. The van der Waals surface area contributed by atoms with E-state index in [1.165, 1.54) is 18.2 Å². The van der Waals surface area contributed by atoms with Crippen LogP contribution < -0.4 is 0 Å². The highest BCUT2D eigenvalue weighted by Gasteiger charge is 2.19. The zero-order valence-electron chi connectivity index (χ0n) is 10.2. The van der Waals surface area contributed by atoms with Gasteiger partial charge in [-0.15, -0.1) is 0 Å². The maximum atomic E-state index is 11.7. The van der Waals surface area contributed by atoms with Crippen molar-refractivity contribution in [3.63, 3.8) is 0 Å². The Kier molecular flexibility index (Phi) is 4.59. The first kappa shape index (κ1) is 13.9. The number of carboxylic acid groups (broad SMARTS) is 1. The van der Waals surface area contributed by atoms with E-state index in [2.05, 4.69) is 0 Å². The zero-order valence-corrected chi connectivity index (χ0v) is 10.2. The Hall–Kier alpha value is -2.17. The minimum absolute atomic E-state index is 0.0279. The van der Waals surface area contributed by atoms with Crippen LogP contribution in [0.3, 0.4) is 0 Å². The lowest BCUT2D eigenvalue weighted by Crippen LogP contribution is -2.13. The minimum Gasteiger partial charge on any atom is -0.478 e. The normalized spacial score (nSPS) is 9.89. The first-order valence-electron chi connectivity index (χ1n) is 5.58. The Morgan fingerprint density at radius 1 is 1.17 bits per heavy atom. The van der Waals surface area contributed by atoms with Gasteiger partial charge in [0.25, 0.3) is 0 Å². The number of ether oxygens (including phenoxy) is 1. The molecule has 5 nitrogen and oxygen atoms in total. The Balaban J connectivity index is 3.29. The summed E-state index contributed by atoms with van der Waals surface area (Å²) in [7, 11) is 0. The molecule has 1 aromatic rings. The first-order valence-corrected chi connectivity index (χ1v) is 5.58. The molecule has 0 fully saturated rings. The number of carboxylic acids is 1. The van der Waals surface area contributed by atoms with Gasteiger partial charge >= 0.3 is 11.9 Å². The monoisotopic (exact) mass is 250 g/mol. The molecule has 0 aliphatic rings. The van der Waals surface area contributed by atoms with Crippen LogP contribution in [0.5, 0.6) is 0 Å². The Labute approximate surface area is 104 Å². The summed E-state index contributed by atoms with van der Waals surface area (Å²) in [6.45, 7) is 3.49. The number of benzene rings is 1. The molecule has 0 aromatic heterocycles. The third kappa shape index (κ3) is 2.94. The molecule has 0 atom stereocenters. The van der Waals surface area contributed by atoms with Gasteiger partial charge in [-0.1, -0.05) is 6.92 Å². The van der Waals surface area contributed by atoms with Gasteiger partial charge in [0.2, 0.25) is 0 Å². The van der Waals surface area contributed by atoms with Crippen molar-refractivity contribution in [3.8, 4) is 0 Å². The molecule has 0 saturated heterocycles. The first-order chi connectivity index (χ1) is 8.51. The predicted octanol–water partition coefficient (Wildman–Crippen LogP) is 2.15. The van der Waals surface area contributed by atoms with Crippen LogP contribution in [-0.2, 0) is 4.74 Å². The van der Waals surface area contributed by atoms with Crippen molar-refractivity contribution in [2.75, 3.05) is 6.61 Å². The SMILES string of the molecule is CCOC(=O)c1ccc(C(=O)O)cc1C(=O)CC. The van der Waals surface area contributed by atoms with E-state index in [4.69, 9.17) is 9.84 Å². The van der Waals surface area contributed by atoms with Crippen molar-refractivity contribution in [2.45, 2.75) is 20.3 Å². The number of esters is 1. The van der Waals surface area contributed by atoms with Crippen molar-refractivity contribution in [1.29, 1.82) is 0 Å². The van der Waals surface area contributed by atoms with Crippen molar-refractivity contribution < 1.29 is 24.2 Å². The summed E-state index contributed by atoms with van der Waals surface area (Å²) in [5.74, 6) is -2.05. The molecule has 1 rings (SSSR count). The van der Waals surface area contributed by atoms with Gasteiger partial charge in [-0.05, 0) is 25.1 Å². The number of Topliss-reactive ketones (excluding diaryl/α,β-unsaturated/α-hetero) is 1. The van der Waals surface area contributed by atoms with Crippen LogP contribution in [0.1, 0.15) is 51.3 Å². The molecule has 0 aliphatic carbocycles. The summed E-state index contributed by atoms with van der Waals surface area (Å²) in [5, 5.41) is 8.87. The average molecular weight is 250 g/mol. The third-order valence-electron chi connectivity index (χ3n) is 2.38. The fourth-order valence-electron chi connectivity index (χ4n) is 1.49. The van der Waals surface area contributed by atoms with E-state index in [0.717, 1.165) is 0 Å². The molecule has 0 saturated carbocycles. The van der Waals surface area contributed by atoms with Gasteiger partial charge in [-0.25, -0.2) is 9.59 Å². The molecule has 0 amide bonds. The largest absolute Gasteiger partial charge is 0.478 e. The Morgan fingerprint density at radius 3 is 2.33 bits per heavy atom. The molecule has 0 bridgehead atoms. The van der Waals surface area contributed by atoms with Crippen LogP contribution in [-0.4, -0.2) is 29.4 Å². The maximum absolute atomic E-state index is 11.7. The highest BCUT2D eigenvalue weighted by atomic mass is 16.5. The second-order valence-electron chi connectivity index (χ2n) is 3.56. The summed E-state index contributed by atoms with van der Waals surface area (Å²) < 4.78 is 4.83. The number of hydrogen-bond acceptors (Lipinski definition) is 4. The number of hydrogen-bond donors (Lipinski definition) is 1. The topological polar surface area (TPSA) is 80.7 Å². The minimum atomic E-state index is -1.14. The van der Waals surface area contributed by atoms with Gasteiger partial charge in [0.1, 0.15) is 0 Å². The van der Waals surface area contributed by atoms with Crippen LogP contribution >= 0.6 is 0 Å². The number of aromatic carboxylic acids is 1. The molecule has 0 aliphatic heterocycles. The standard InChI is InChI=1S/C13H14O5/c1-3-11(14)10-7-8(12(15)16)5-6-9(10)13(17)18-4-2/h5-7H,3-4H2,1-2H3,(H,15,16). The van der Waals surface area contributed by atoms with Crippen LogP contribution in [0.15, 0.2) is 18.2 Å². The smallest absolute Gasteiger partial charge is 0.338 e. The summed E-state index contributed by atoms with van der Waals surface area (Å²) in [6.07, 6.45) is 0.190. The quantitative estimate of drug-likeness (QED) is 0.639. The van der Waals surface area contributed by atoms with Gasteiger partial charge in [0.05, 0.1) is 17.7 Å². The van der Waals surface area contributed by atoms with Crippen molar-refractivity contribution in [3.05, 3.63) is 34.9 Å². The summed E-state index contributed by atoms with van der Waals surface area (Å²) >= 11 is 0. The summed E-state index contributed by atoms with van der Waals surface area (Å²) in [6, 6.07) is 3.80. The second-order valence-corrected chi connectivity index (χ2v) is 3.56. The predicted molar refractivity (Wildman–Crippen MR) is 64.0 cm³/mol. The van der Waals surface area contributed by atoms with Gasteiger partial charge in [0, 0.05) is 12.0 Å². The van der Waals surface area contributed by atoms with Crippen molar-refractivity contribution in [1.82, 2.24) is 0 Å². The molecule has 0 radical (unpaired) electrons. The van der Waals surface area contributed by atoms with E-state index in [-0.39, 0.29) is 35.5 Å². The van der Waals surface area contributed by atoms with Gasteiger partial charge < -0.3 is 9.84 Å². The fourth-order valence-corrected chi connectivity index (χ4v) is 1.49. The van der Waals surface area contributed by atoms with E-state index in [9.17, 15) is 14.4 Å². The van der Waals surface area contributed by atoms with Gasteiger partial charge in [-0.2, -0.15) is 0 Å². The summed E-state index contributed by atoms with van der Waals surface area (Å²) in [4.78, 5) is 34.2. The second kappa shape index (κ2) is 5.95. The van der Waals surface area contributed by atoms with E-state index in [1.54, 1.807) is 13.8 Å². The Bertz CT molecular complexity index is 490. The highest BCUT2D eigenvalue weighted by Crippen LogP contribution is 2.16. The van der Waals surface area contributed by atoms with E-state index < -0.39 is 11.9 Å². The molecule has 0 unspecified atom stereocenters. The third-order valence-corrected chi connectivity index (χ3v) is 2.38. The molecule has 0 spiro atoms. The van der Waals surface area contributed by atoms with E-state index in [0.29, 0.717) is 0 Å². The lowest BCUT2D eigenvalue weighted by Gasteiger charge is -2.08. The number of carbonyl (C=O) groups is 3. The zero-order chi connectivity index (χ0) is 13.7. The van der Waals surface area contributed by atoms with Gasteiger partial charge in [0.15, 0.2) is 5.78 Å². The molecule has 18 heavy (non-hydrogen) atoms. The molecule has 5 heteroatoms. The van der Waals surface area contributed by atoms with Crippen LogP contribution in [0.25, 0.3) is 0 Å². The van der Waals surface area contributed by atoms with Gasteiger partial charge in [-0.3, -0.25) is 4.79 Å². The molecular formula is C13H14O5. The lowest BCUT2D eigenvalue weighted by molar-refractivity contribution is 0.0521. The lowest BCUT2D eigenvalue weighted by atomic mass is 9.99. The van der Waals surface area contributed by atoms with E-state index in [1.807, 2.05) is 0 Å². The van der Waals surface area contributed by atoms with Crippen LogP contribution in [0, 0.1) is 0 Å². The van der Waals surface area contributed by atoms with Crippen molar-refractivity contribution >= 4 is 17.7 Å².